The number of hydrogen-bond acceptors (Lipinski definition) is 4. The normalized spacial score (nSPS) is 21.9. The van der Waals surface area contributed by atoms with Crippen molar-refractivity contribution in [1.29, 1.82) is 0 Å². The Labute approximate surface area is 184 Å². The summed E-state index contributed by atoms with van der Waals surface area (Å²) in [6, 6.07) is 13.5. The molecule has 0 N–H and O–H groups in total. The van der Waals surface area contributed by atoms with Gasteiger partial charge in [0.05, 0.1) is 6.61 Å². The van der Waals surface area contributed by atoms with E-state index in [4.69, 9.17) is 4.74 Å². The number of aromatic nitrogens is 1. The van der Waals surface area contributed by atoms with E-state index in [0.717, 1.165) is 43.9 Å². The molecule has 0 bridgehead atoms. The zero-order chi connectivity index (χ0) is 21.8. The first-order chi connectivity index (χ1) is 15.0. The average Bonchev–Trinajstić information content (AvgIpc) is 3.22. The van der Waals surface area contributed by atoms with Crippen LogP contribution in [0.3, 0.4) is 0 Å². The van der Waals surface area contributed by atoms with Gasteiger partial charge >= 0.3 is 0 Å². The van der Waals surface area contributed by atoms with Crippen molar-refractivity contribution in [2.75, 3.05) is 32.8 Å². The summed E-state index contributed by atoms with van der Waals surface area (Å²) >= 11 is 0. The number of rotatable bonds is 5. The molecule has 2 aliphatic rings. The summed E-state index contributed by atoms with van der Waals surface area (Å²) in [6.45, 7) is 7.20. The predicted octanol–water partition coefficient (Wildman–Crippen LogP) is 3.42. The summed E-state index contributed by atoms with van der Waals surface area (Å²) in [5, 5.41) is 0. The van der Waals surface area contributed by atoms with Crippen LogP contribution in [0.2, 0.25) is 0 Å². The third-order valence-corrected chi connectivity index (χ3v) is 6.72. The van der Waals surface area contributed by atoms with Crippen molar-refractivity contribution in [2.24, 2.45) is 17.8 Å². The molecule has 164 valence electrons. The maximum atomic E-state index is 13.2. The van der Waals surface area contributed by atoms with Gasteiger partial charge in [0, 0.05) is 56.5 Å². The van der Waals surface area contributed by atoms with Crippen molar-refractivity contribution in [2.45, 2.75) is 26.7 Å². The number of pyridine rings is 1. The molecule has 6 heteroatoms. The van der Waals surface area contributed by atoms with Crippen LogP contribution in [-0.4, -0.2) is 59.4 Å². The van der Waals surface area contributed by atoms with Crippen LogP contribution in [0.25, 0.3) is 0 Å². The Morgan fingerprint density at radius 1 is 1.06 bits per heavy atom. The monoisotopic (exact) mass is 421 g/mol. The van der Waals surface area contributed by atoms with Gasteiger partial charge in [0.15, 0.2) is 0 Å². The highest BCUT2D eigenvalue weighted by atomic mass is 16.5. The number of piperidine rings is 1. The number of carbonyl (C=O) groups is 2. The SMILES string of the molecule is CC(=O)N1CCC([C@@H]2CN(C(=O)c3ccnc(C)c3)C[C@H]2COc2ccccc2)CC1. The summed E-state index contributed by atoms with van der Waals surface area (Å²) in [6.07, 6.45) is 3.68. The molecule has 1 aromatic carbocycles. The van der Waals surface area contributed by atoms with Crippen LogP contribution in [-0.2, 0) is 4.79 Å². The highest BCUT2D eigenvalue weighted by Gasteiger charge is 2.41. The lowest BCUT2D eigenvalue weighted by Gasteiger charge is -2.36. The second kappa shape index (κ2) is 9.50. The molecule has 0 spiro atoms. The maximum absolute atomic E-state index is 13.2. The molecule has 2 saturated heterocycles. The second-order valence-corrected chi connectivity index (χ2v) is 8.79. The minimum atomic E-state index is 0.0684. The molecule has 2 amide bonds. The Hall–Kier alpha value is -2.89. The quantitative estimate of drug-likeness (QED) is 0.742. The zero-order valence-electron chi connectivity index (χ0n) is 18.4. The van der Waals surface area contributed by atoms with Crippen molar-refractivity contribution in [3.8, 4) is 5.75 Å². The molecule has 1 aromatic heterocycles. The molecule has 2 aromatic rings. The van der Waals surface area contributed by atoms with Gasteiger partial charge in [0.2, 0.25) is 5.91 Å². The van der Waals surface area contributed by atoms with Gasteiger partial charge in [0.1, 0.15) is 5.75 Å². The Morgan fingerprint density at radius 2 is 1.81 bits per heavy atom. The van der Waals surface area contributed by atoms with E-state index in [-0.39, 0.29) is 17.7 Å². The molecule has 6 nitrogen and oxygen atoms in total. The Balaban J connectivity index is 1.47. The largest absolute Gasteiger partial charge is 0.493 e. The van der Waals surface area contributed by atoms with Gasteiger partial charge in [-0.15, -0.1) is 0 Å². The van der Waals surface area contributed by atoms with Gasteiger partial charge in [-0.05, 0) is 55.9 Å². The highest BCUT2D eigenvalue weighted by Crippen LogP contribution is 2.36. The molecule has 0 aliphatic carbocycles. The minimum absolute atomic E-state index is 0.0684. The fourth-order valence-corrected chi connectivity index (χ4v) is 5.00. The fraction of sp³-hybridized carbons (Fsp3) is 0.480. The first kappa shape index (κ1) is 21.3. The molecule has 2 aliphatic heterocycles. The lowest BCUT2D eigenvalue weighted by molar-refractivity contribution is -0.130. The van der Waals surface area contributed by atoms with Gasteiger partial charge in [-0.3, -0.25) is 14.6 Å². The van der Waals surface area contributed by atoms with Crippen LogP contribution in [0.5, 0.6) is 5.75 Å². The van der Waals surface area contributed by atoms with E-state index in [9.17, 15) is 9.59 Å². The number of ether oxygens (including phenoxy) is 1. The van der Waals surface area contributed by atoms with Gasteiger partial charge in [-0.2, -0.15) is 0 Å². The summed E-state index contributed by atoms with van der Waals surface area (Å²) in [7, 11) is 0. The van der Waals surface area contributed by atoms with E-state index in [1.165, 1.54) is 0 Å². The van der Waals surface area contributed by atoms with E-state index in [1.807, 2.05) is 53.1 Å². The van der Waals surface area contributed by atoms with Crippen LogP contribution in [0.15, 0.2) is 48.7 Å². The molecule has 2 atom stereocenters. The van der Waals surface area contributed by atoms with Crippen LogP contribution in [0.4, 0.5) is 0 Å². The Kier molecular flexibility index (Phi) is 6.54. The number of likely N-dealkylation sites (tertiary alicyclic amines) is 2. The number of benzene rings is 1. The van der Waals surface area contributed by atoms with Gasteiger partial charge < -0.3 is 14.5 Å². The molecule has 31 heavy (non-hydrogen) atoms. The molecule has 4 rings (SSSR count). The number of nitrogens with zero attached hydrogens (tertiary/aromatic N) is 3. The smallest absolute Gasteiger partial charge is 0.253 e. The number of carbonyl (C=O) groups excluding carboxylic acids is 2. The first-order valence-corrected chi connectivity index (χ1v) is 11.2. The van der Waals surface area contributed by atoms with Gasteiger partial charge in [0.25, 0.3) is 5.91 Å². The summed E-state index contributed by atoms with van der Waals surface area (Å²) in [5.41, 5.74) is 1.55. The number of hydrogen-bond donors (Lipinski definition) is 0. The van der Waals surface area contributed by atoms with Crippen LogP contribution in [0.1, 0.15) is 35.8 Å². The topological polar surface area (TPSA) is 62.7 Å². The van der Waals surface area contributed by atoms with Crippen LogP contribution < -0.4 is 4.74 Å². The van der Waals surface area contributed by atoms with Crippen molar-refractivity contribution < 1.29 is 14.3 Å². The molecule has 3 heterocycles. The van der Waals surface area contributed by atoms with Crippen molar-refractivity contribution >= 4 is 11.8 Å². The predicted molar refractivity (Wildman–Crippen MR) is 119 cm³/mol. The Bertz CT molecular complexity index is 909. The summed E-state index contributed by atoms with van der Waals surface area (Å²) in [5.74, 6) is 2.24. The minimum Gasteiger partial charge on any atom is -0.493 e. The van der Waals surface area contributed by atoms with Crippen molar-refractivity contribution in [3.63, 3.8) is 0 Å². The van der Waals surface area contributed by atoms with Crippen LogP contribution in [0, 0.1) is 24.7 Å². The van der Waals surface area contributed by atoms with E-state index in [0.29, 0.717) is 30.6 Å². The lowest BCUT2D eigenvalue weighted by Crippen LogP contribution is -2.40. The standard InChI is InChI=1S/C25H31N3O3/c1-18-14-21(8-11-26-18)25(30)28-15-22(17-31-23-6-4-3-5-7-23)24(16-28)20-9-12-27(13-10-20)19(2)29/h3-8,11,14,20,22,24H,9-10,12-13,15-17H2,1-2H3/t22-,24-/m0/s1. The first-order valence-electron chi connectivity index (χ1n) is 11.2. The van der Waals surface area contributed by atoms with Gasteiger partial charge in [-0.25, -0.2) is 0 Å². The Morgan fingerprint density at radius 3 is 2.48 bits per heavy atom. The lowest BCUT2D eigenvalue weighted by atomic mass is 9.78. The third-order valence-electron chi connectivity index (χ3n) is 6.72. The number of aryl methyl sites for hydroxylation is 1. The van der Waals surface area contributed by atoms with E-state index in [1.54, 1.807) is 19.2 Å². The van der Waals surface area contributed by atoms with E-state index in [2.05, 4.69) is 4.98 Å². The molecule has 0 radical (unpaired) electrons. The summed E-state index contributed by atoms with van der Waals surface area (Å²) in [4.78, 5) is 33.0. The second-order valence-electron chi connectivity index (χ2n) is 8.79. The van der Waals surface area contributed by atoms with Crippen LogP contribution >= 0.6 is 0 Å². The third kappa shape index (κ3) is 5.06. The molecule has 2 fully saturated rings. The highest BCUT2D eigenvalue weighted by molar-refractivity contribution is 5.94. The molecule has 0 saturated carbocycles. The van der Waals surface area contributed by atoms with E-state index >= 15 is 0 Å². The van der Waals surface area contributed by atoms with Crippen molar-refractivity contribution in [1.82, 2.24) is 14.8 Å². The number of amides is 2. The molecule has 0 unspecified atom stereocenters. The zero-order valence-corrected chi connectivity index (χ0v) is 18.4. The van der Waals surface area contributed by atoms with Crippen molar-refractivity contribution in [3.05, 3.63) is 59.9 Å². The average molecular weight is 422 g/mol. The van der Waals surface area contributed by atoms with Gasteiger partial charge in [-0.1, -0.05) is 18.2 Å². The number of para-hydroxylation sites is 1. The molecular weight excluding hydrogens is 390 g/mol. The molecular formula is C25H31N3O3. The fourth-order valence-electron chi connectivity index (χ4n) is 5.00. The maximum Gasteiger partial charge on any atom is 0.253 e. The summed E-state index contributed by atoms with van der Waals surface area (Å²) < 4.78 is 6.11. The van der Waals surface area contributed by atoms with E-state index < -0.39 is 0 Å².